The number of hydrogen-bond donors (Lipinski definition) is 2. The van der Waals surface area contributed by atoms with Crippen molar-refractivity contribution in [2.45, 2.75) is 33.1 Å². The summed E-state index contributed by atoms with van der Waals surface area (Å²) in [5.74, 6) is 6.68. The highest BCUT2D eigenvalue weighted by atomic mass is 32.1. The van der Waals surface area contributed by atoms with Crippen molar-refractivity contribution in [3.63, 3.8) is 0 Å². The molecule has 5 nitrogen and oxygen atoms in total. The van der Waals surface area contributed by atoms with Gasteiger partial charge in [0.2, 0.25) is 0 Å². The zero-order valence-electron chi connectivity index (χ0n) is 11.0. The van der Waals surface area contributed by atoms with Gasteiger partial charge in [0.1, 0.15) is 5.82 Å². The number of nitrogen functional groups attached to an aromatic ring is 1. The van der Waals surface area contributed by atoms with E-state index in [0.29, 0.717) is 11.6 Å². The number of nitrogens with two attached hydrogens (primary N) is 1. The third-order valence-electron chi connectivity index (χ3n) is 2.45. The van der Waals surface area contributed by atoms with E-state index in [1.165, 1.54) is 11.3 Å². The van der Waals surface area contributed by atoms with E-state index >= 15 is 0 Å². The molecule has 0 bridgehead atoms. The van der Waals surface area contributed by atoms with Crippen LogP contribution in [0.4, 0.5) is 5.82 Å². The van der Waals surface area contributed by atoms with Crippen molar-refractivity contribution < 1.29 is 0 Å². The molecule has 3 N–H and O–H groups in total. The maximum absolute atomic E-state index is 5.46. The first-order chi connectivity index (χ1) is 8.40. The monoisotopic (exact) mass is 263 g/mol. The van der Waals surface area contributed by atoms with E-state index in [-0.39, 0.29) is 5.41 Å². The lowest BCUT2D eigenvalue weighted by atomic mass is 9.92. The molecule has 2 aromatic rings. The highest BCUT2D eigenvalue weighted by Crippen LogP contribution is 2.26. The minimum Gasteiger partial charge on any atom is -0.308 e. The van der Waals surface area contributed by atoms with Gasteiger partial charge in [-0.3, -0.25) is 0 Å². The van der Waals surface area contributed by atoms with Gasteiger partial charge in [0.25, 0.3) is 0 Å². The predicted molar refractivity (Wildman–Crippen MR) is 74.4 cm³/mol. The number of hydrazine groups is 1. The Morgan fingerprint density at radius 1 is 1.22 bits per heavy atom. The first kappa shape index (κ1) is 12.9. The van der Waals surface area contributed by atoms with Crippen molar-refractivity contribution in [2.75, 3.05) is 5.43 Å². The van der Waals surface area contributed by atoms with E-state index in [2.05, 4.69) is 41.1 Å². The van der Waals surface area contributed by atoms with Gasteiger partial charge in [-0.05, 0) is 6.92 Å². The molecular formula is C12H17N5S. The first-order valence-electron chi connectivity index (χ1n) is 5.69. The van der Waals surface area contributed by atoms with Crippen LogP contribution in [0.1, 0.15) is 32.2 Å². The maximum atomic E-state index is 5.46. The van der Waals surface area contributed by atoms with Crippen molar-refractivity contribution in [1.82, 2.24) is 15.0 Å². The largest absolute Gasteiger partial charge is 0.308 e. The van der Waals surface area contributed by atoms with Crippen molar-refractivity contribution in [3.05, 3.63) is 22.8 Å². The average Bonchev–Trinajstić information content (AvgIpc) is 2.74. The molecule has 0 spiro atoms. The zero-order valence-corrected chi connectivity index (χ0v) is 11.8. The fourth-order valence-corrected chi connectivity index (χ4v) is 2.19. The molecule has 0 saturated carbocycles. The molecule has 0 aromatic carbocycles. The lowest BCUT2D eigenvalue weighted by Crippen LogP contribution is -2.17. The molecule has 0 aliphatic carbocycles. The van der Waals surface area contributed by atoms with Crippen molar-refractivity contribution in [1.29, 1.82) is 0 Å². The SMILES string of the molecule is Cc1csc(-c2nc(NN)cc(C(C)(C)C)n2)n1. The molecule has 0 aliphatic heterocycles. The van der Waals surface area contributed by atoms with Crippen molar-refractivity contribution >= 4 is 17.2 Å². The Hall–Kier alpha value is -1.53. The average molecular weight is 263 g/mol. The highest BCUT2D eigenvalue weighted by molar-refractivity contribution is 7.13. The van der Waals surface area contributed by atoms with Crippen molar-refractivity contribution in [2.24, 2.45) is 5.84 Å². The molecule has 0 amide bonds. The summed E-state index contributed by atoms with van der Waals surface area (Å²) in [7, 11) is 0. The number of thiazole rings is 1. The Morgan fingerprint density at radius 2 is 1.94 bits per heavy atom. The Morgan fingerprint density at radius 3 is 2.44 bits per heavy atom. The second-order valence-electron chi connectivity index (χ2n) is 5.15. The lowest BCUT2D eigenvalue weighted by molar-refractivity contribution is 0.568. The summed E-state index contributed by atoms with van der Waals surface area (Å²) in [5.41, 5.74) is 4.43. The van der Waals surface area contributed by atoms with E-state index in [9.17, 15) is 0 Å². The number of nitrogens with zero attached hydrogens (tertiary/aromatic N) is 3. The highest BCUT2D eigenvalue weighted by Gasteiger charge is 2.19. The Kier molecular flexibility index (Phi) is 3.32. The number of nitrogens with one attached hydrogen (secondary N) is 1. The van der Waals surface area contributed by atoms with Crippen LogP contribution >= 0.6 is 11.3 Å². The number of rotatable bonds is 2. The molecule has 2 heterocycles. The Labute approximate surface area is 110 Å². The molecule has 96 valence electrons. The summed E-state index contributed by atoms with van der Waals surface area (Å²) < 4.78 is 0. The van der Waals surface area contributed by atoms with Crippen LogP contribution in [0.25, 0.3) is 10.8 Å². The van der Waals surface area contributed by atoms with Gasteiger partial charge in [-0.25, -0.2) is 20.8 Å². The lowest BCUT2D eigenvalue weighted by Gasteiger charge is -2.18. The number of aryl methyl sites for hydroxylation is 1. The van der Waals surface area contributed by atoms with Crippen LogP contribution in [0.2, 0.25) is 0 Å². The molecule has 0 radical (unpaired) electrons. The van der Waals surface area contributed by atoms with Gasteiger partial charge >= 0.3 is 0 Å². The van der Waals surface area contributed by atoms with Crippen LogP contribution < -0.4 is 11.3 Å². The van der Waals surface area contributed by atoms with Gasteiger partial charge < -0.3 is 5.43 Å². The maximum Gasteiger partial charge on any atom is 0.190 e. The molecule has 2 rings (SSSR count). The van der Waals surface area contributed by atoms with Gasteiger partial charge in [-0.2, -0.15) is 0 Å². The van der Waals surface area contributed by atoms with E-state index in [1.54, 1.807) is 0 Å². The first-order valence-corrected chi connectivity index (χ1v) is 6.57. The van der Waals surface area contributed by atoms with Crippen LogP contribution in [-0.2, 0) is 5.41 Å². The van der Waals surface area contributed by atoms with E-state index < -0.39 is 0 Å². The molecule has 0 unspecified atom stereocenters. The van der Waals surface area contributed by atoms with Gasteiger partial charge in [0.15, 0.2) is 10.8 Å². The van der Waals surface area contributed by atoms with Crippen LogP contribution in [-0.4, -0.2) is 15.0 Å². The number of anilines is 1. The molecule has 0 saturated heterocycles. The van der Waals surface area contributed by atoms with Crippen LogP contribution in [0, 0.1) is 6.92 Å². The summed E-state index contributed by atoms with van der Waals surface area (Å²) in [6.07, 6.45) is 0. The zero-order chi connectivity index (χ0) is 13.3. The van der Waals surface area contributed by atoms with E-state index in [0.717, 1.165) is 16.4 Å². The smallest absolute Gasteiger partial charge is 0.190 e. The summed E-state index contributed by atoms with van der Waals surface area (Å²) in [5, 5.41) is 2.80. The Bertz CT molecular complexity index is 556. The number of aromatic nitrogens is 3. The quantitative estimate of drug-likeness (QED) is 0.643. The molecule has 6 heteroatoms. The Balaban J connectivity index is 2.54. The minimum atomic E-state index is -0.0599. The normalized spacial score (nSPS) is 11.6. The van der Waals surface area contributed by atoms with Crippen LogP contribution in [0.5, 0.6) is 0 Å². The standard InChI is InChI=1S/C12H17N5S/c1-7-6-18-11(14-7)10-15-8(12(2,3)4)5-9(16-10)17-13/h5-6H,13H2,1-4H3,(H,15,16,17). The molecule has 0 fully saturated rings. The van der Waals surface area contributed by atoms with Gasteiger partial charge in [-0.1, -0.05) is 20.8 Å². The van der Waals surface area contributed by atoms with Crippen molar-refractivity contribution in [3.8, 4) is 10.8 Å². The summed E-state index contributed by atoms with van der Waals surface area (Å²) in [6.45, 7) is 8.27. The third kappa shape index (κ3) is 2.65. The molecule has 0 atom stereocenters. The van der Waals surface area contributed by atoms with Gasteiger partial charge in [0.05, 0.1) is 5.69 Å². The molecule has 18 heavy (non-hydrogen) atoms. The topological polar surface area (TPSA) is 76.7 Å². The predicted octanol–water partition coefficient (Wildman–Crippen LogP) is 2.49. The minimum absolute atomic E-state index is 0.0599. The van der Waals surface area contributed by atoms with Crippen LogP contribution in [0.3, 0.4) is 0 Å². The third-order valence-corrected chi connectivity index (χ3v) is 3.41. The molecular weight excluding hydrogens is 246 g/mol. The summed E-state index contributed by atoms with van der Waals surface area (Å²) >= 11 is 1.54. The number of hydrogen-bond acceptors (Lipinski definition) is 6. The fraction of sp³-hybridized carbons (Fsp3) is 0.417. The van der Waals surface area contributed by atoms with Gasteiger partial charge in [-0.15, -0.1) is 11.3 Å². The fourth-order valence-electron chi connectivity index (χ4n) is 1.46. The van der Waals surface area contributed by atoms with E-state index in [4.69, 9.17) is 5.84 Å². The van der Waals surface area contributed by atoms with Gasteiger partial charge in [0, 0.05) is 22.6 Å². The molecule has 0 aliphatic rings. The second kappa shape index (κ2) is 4.62. The molecule has 2 aromatic heterocycles. The summed E-state index contributed by atoms with van der Waals surface area (Å²) in [6, 6.07) is 1.87. The van der Waals surface area contributed by atoms with E-state index in [1.807, 2.05) is 18.4 Å². The van der Waals surface area contributed by atoms with Crippen LogP contribution in [0.15, 0.2) is 11.4 Å². The summed E-state index contributed by atoms with van der Waals surface area (Å²) in [4.78, 5) is 13.3. The second-order valence-corrected chi connectivity index (χ2v) is 6.01.